The van der Waals surface area contributed by atoms with Gasteiger partial charge in [-0.3, -0.25) is 4.99 Å². The van der Waals surface area contributed by atoms with Crippen molar-refractivity contribution in [2.24, 2.45) is 10.1 Å². The van der Waals surface area contributed by atoms with Crippen LogP contribution in [0.25, 0.3) is 0 Å². The lowest BCUT2D eigenvalue weighted by molar-refractivity contribution is 0.316. The van der Waals surface area contributed by atoms with E-state index in [-0.39, 0.29) is 6.04 Å². The molecule has 0 bridgehead atoms. The molecule has 0 saturated carbocycles. The van der Waals surface area contributed by atoms with Gasteiger partial charge in [0.05, 0.1) is 21.3 Å². The van der Waals surface area contributed by atoms with Gasteiger partial charge in [0.25, 0.3) is 0 Å². The highest BCUT2D eigenvalue weighted by Gasteiger charge is 2.26. The van der Waals surface area contributed by atoms with Crippen molar-refractivity contribution in [2.75, 3.05) is 27.9 Å². The van der Waals surface area contributed by atoms with Crippen molar-refractivity contribution in [1.29, 1.82) is 0 Å². The molecule has 1 aliphatic rings. The molecule has 7 heteroatoms. The normalized spacial score (nSPS) is 16.7. The number of ether oxygens (including phenoxy) is 3. The molecule has 0 saturated heterocycles. The van der Waals surface area contributed by atoms with E-state index >= 15 is 0 Å². The van der Waals surface area contributed by atoms with E-state index in [1.807, 2.05) is 30.3 Å². The fourth-order valence-electron chi connectivity index (χ4n) is 2.92. The Kier molecular flexibility index (Phi) is 5.26. The van der Waals surface area contributed by atoms with Crippen molar-refractivity contribution < 1.29 is 19.4 Å². The first-order chi connectivity index (χ1) is 12.7. The van der Waals surface area contributed by atoms with Gasteiger partial charge in [-0.2, -0.15) is 0 Å². The van der Waals surface area contributed by atoms with Crippen LogP contribution in [-0.4, -0.2) is 50.7 Å². The van der Waals surface area contributed by atoms with E-state index in [2.05, 4.69) is 15.5 Å². The molecule has 0 spiro atoms. The molecule has 136 valence electrons. The number of aliphatic imine (C=N–C) groups is 1. The number of hydrogen-bond donors (Lipinski definition) is 2. The van der Waals surface area contributed by atoms with Crippen molar-refractivity contribution in [3.05, 3.63) is 53.6 Å². The van der Waals surface area contributed by atoms with Crippen LogP contribution < -0.4 is 19.5 Å². The molecular weight excluding hydrogens is 334 g/mol. The van der Waals surface area contributed by atoms with Gasteiger partial charge in [0, 0.05) is 17.7 Å². The van der Waals surface area contributed by atoms with E-state index in [0.717, 1.165) is 11.4 Å². The number of methoxy groups -OCH3 is 3. The Morgan fingerprint density at radius 3 is 2.27 bits per heavy atom. The van der Waals surface area contributed by atoms with Crippen LogP contribution in [0.4, 0.5) is 0 Å². The summed E-state index contributed by atoms with van der Waals surface area (Å²) in [4.78, 5) is 4.66. The van der Waals surface area contributed by atoms with Crippen molar-refractivity contribution >= 4 is 11.5 Å². The van der Waals surface area contributed by atoms with Crippen LogP contribution >= 0.6 is 0 Å². The summed E-state index contributed by atoms with van der Waals surface area (Å²) in [5.41, 5.74) is 2.05. The van der Waals surface area contributed by atoms with E-state index in [0.29, 0.717) is 35.1 Å². The second kappa shape index (κ2) is 7.77. The lowest BCUT2D eigenvalue weighted by atomic mass is 10.0. The zero-order valence-corrected chi connectivity index (χ0v) is 14.9. The Morgan fingerprint density at radius 2 is 1.73 bits per heavy atom. The summed E-state index contributed by atoms with van der Waals surface area (Å²) in [6.45, 7) is 0.528. The van der Waals surface area contributed by atoms with Gasteiger partial charge >= 0.3 is 0 Å². The monoisotopic (exact) mass is 355 g/mol. The van der Waals surface area contributed by atoms with Gasteiger partial charge in [-0.15, -0.1) is 0 Å². The molecule has 26 heavy (non-hydrogen) atoms. The first-order valence-electron chi connectivity index (χ1n) is 8.11. The van der Waals surface area contributed by atoms with Gasteiger partial charge in [0.2, 0.25) is 5.75 Å². The smallest absolute Gasteiger partial charge is 0.203 e. The van der Waals surface area contributed by atoms with E-state index < -0.39 is 0 Å². The van der Waals surface area contributed by atoms with E-state index in [9.17, 15) is 5.21 Å². The summed E-state index contributed by atoms with van der Waals surface area (Å²) in [6, 6.07) is 13.0. The third kappa shape index (κ3) is 3.28. The van der Waals surface area contributed by atoms with E-state index in [4.69, 9.17) is 14.2 Å². The molecule has 0 radical (unpaired) electrons. The number of amidine groups is 1. The molecular formula is C19H21N3O4. The molecule has 1 atom stereocenters. The Morgan fingerprint density at radius 1 is 1.08 bits per heavy atom. The SMILES string of the molecule is COc1cc(/C(=N/O)C2CNC(c3ccccc3)=N2)cc(OC)c1OC. The second-order valence-corrected chi connectivity index (χ2v) is 5.64. The quantitative estimate of drug-likeness (QED) is 0.472. The van der Waals surface area contributed by atoms with E-state index in [1.54, 1.807) is 33.5 Å². The maximum absolute atomic E-state index is 9.63. The average Bonchev–Trinajstić information content (AvgIpc) is 3.18. The molecule has 1 heterocycles. The third-order valence-corrected chi connectivity index (χ3v) is 4.18. The summed E-state index contributed by atoms with van der Waals surface area (Å²) in [6.07, 6.45) is 0. The molecule has 1 unspecified atom stereocenters. The molecule has 0 fully saturated rings. The summed E-state index contributed by atoms with van der Waals surface area (Å²) in [7, 11) is 4.62. The Balaban J connectivity index is 1.96. The molecule has 1 aliphatic heterocycles. The predicted octanol–water partition coefficient (Wildman–Crippen LogP) is 2.31. The zero-order valence-electron chi connectivity index (χ0n) is 14.9. The first-order valence-corrected chi connectivity index (χ1v) is 8.11. The molecule has 2 aromatic carbocycles. The molecule has 0 amide bonds. The van der Waals surface area contributed by atoms with Gasteiger partial charge in [-0.05, 0) is 12.1 Å². The summed E-state index contributed by atoms with van der Waals surface area (Å²) < 4.78 is 16.1. The Hall–Kier alpha value is -3.22. The van der Waals surface area contributed by atoms with Crippen LogP contribution in [-0.2, 0) is 0 Å². The topological polar surface area (TPSA) is 84.7 Å². The van der Waals surface area contributed by atoms with Crippen LogP contribution in [0.3, 0.4) is 0 Å². The highest BCUT2D eigenvalue weighted by Crippen LogP contribution is 2.38. The van der Waals surface area contributed by atoms with Crippen LogP contribution in [0.15, 0.2) is 52.6 Å². The fraction of sp³-hybridized carbons (Fsp3) is 0.263. The van der Waals surface area contributed by atoms with Gasteiger partial charge < -0.3 is 24.7 Å². The van der Waals surface area contributed by atoms with Gasteiger partial charge in [0.15, 0.2) is 11.5 Å². The van der Waals surface area contributed by atoms with Crippen LogP contribution in [0.1, 0.15) is 11.1 Å². The second-order valence-electron chi connectivity index (χ2n) is 5.64. The summed E-state index contributed by atoms with van der Waals surface area (Å²) in [5.74, 6) is 2.22. The molecule has 3 rings (SSSR count). The number of nitrogens with zero attached hydrogens (tertiary/aromatic N) is 2. The maximum Gasteiger partial charge on any atom is 0.203 e. The van der Waals surface area contributed by atoms with Crippen molar-refractivity contribution in [2.45, 2.75) is 6.04 Å². The minimum absolute atomic E-state index is 0.335. The number of rotatable bonds is 6. The molecule has 0 aromatic heterocycles. The minimum atomic E-state index is -0.335. The maximum atomic E-state index is 9.63. The average molecular weight is 355 g/mol. The number of hydrogen-bond acceptors (Lipinski definition) is 7. The highest BCUT2D eigenvalue weighted by atomic mass is 16.5. The summed E-state index contributed by atoms with van der Waals surface area (Å²) in [5, 5.41) is 16.4. The minimum Gasteiger partial charge on any atom is -0.493 e. The first kappa shape index (κ1) is 17.6. The molecule has 7 nitrogen and oxygen atoms in total. The number of nitrogens with one attached hydrogen (secondary N) is 1. The zero-order chi connectivity index (χ0) is 18.5. The Bertz CT molecular complexity index is 809. The number of benzene rings is 2. The summed E-state index contributed by atoms with van der Waals surface area (Å²) >= 11 is 0. The van der Waals surface area contributed by atoms with Crippen LogP contribution in [0, 0.1) is 0 Å². The Labute approximate surface area is 151 Å². The third-order valence-electron chi connectivity index (χ3n) is 4.18. The van der Waals surface area contributed by atoms with Gasteiger partial charge in [0.1, 0.15) is 17.6 Å². The molecule has 2 aromatic rings. The highest BCUT2D eigenvalue weighted by molar-refractivity contribution is 6.09. The van der Waals surface area contributed by atoms with Crippen molar-refractivity contribution in [3.63, 3.8) is 0 Å². The van der Waals surface area contributed by atoms with Gasteiger partial charge in [-0.1, -0.05) is 35.5 Å². The van der Waals surface area contributed by atoms with E-state index in [1.165, 1.54) is 0 Å². The van der Waals surface area contributed by atoms with Gasteiger partial charge in [-0.25, -0.2) is 0 Å². The van der Waals surface area contributed by atoms with Crippen LogP contribution in [0.5, 0.6) is 17.2 Å². The lowest BCUT2D eigenvalue weighted by Gasteiger charge is -2.16. The molecule has 2 N–H and O–H groups in total. The fourth-order valence-corrected chi connectivity index (χ4v) is 2.92. The van der Waals surface area contributed by atoms with Crippen molar-refractivity contribution in [3.8, 4) is 17.2 Å². The largest absolute Gasteiger partial charge is 0.493 e. The van der Waals surface area contributed by atoms with Crippen LogP contribution in [0.2, 0.25) is 0 Å². The molecule has 0 aliphatic carbocycles. The standard InChI is InChI=1S/C19H21N3O4/c1-24-15-9-13(10-16(25-2)18(15)26-3)17(22-23)14-11-20-19(21-14)12-7-5-4-6-8-12/h4-10,14,23H,11H2,1-3H3,(H,20,21)/b22-17-. The van der Waals surface area contributed by atoms with Crippen molar-refractivity contribution in [1.82, 2.24) is 5.32 Å². The predicted molar refractivity (Wildman–Crippen MR) is 99.2 cm³/mol. The number of oxime groups is 1. The lowest BCUT2D eigenvalue weighted by Crippen LogP contribution is -2.27.